The normalized spacial score (nSPS) is 10.4. The number of hydrogen-bond acceptors (Lipinski definition) is 5. The average Bonchev–Trinajstić information content (AvgIpc) is 2.39. The SMILES string of the molecule is CC(=O)C(C)C.CCC(C)OC(C)=O.CCCCOC(C)=O. The van der Waals surface area contributed by atoms with E-state index in [9.17, 15) is 14.4 Å². The van der Waals surface area contributed by atoms with Crippen molar-refractivity contribution in [2.75, 3.05) is 6.61 Å². The van der Waals surface area contributed by atoms with Gasteiger partial charge in [-0.1, -0.05) is 34.1 Å². The molecule has 0 aromatic carbocycles. The second-order valence-electron chi connectivity index (χ2n) is 5.29. The Bertz CT molecular complexity index is 297. The Morgan fingerprint density at radius 3 is 1.55 bits per heavy atom. The van der Waals surface area contributed by atoms with Gasteiger partial charge in [-0.05, 0) is 26.7 Å². The van der Waals surface area contributed by atoms with Crippen molar-refractivity contribution in [1.82, 2.24) is 0 Å². The first kappa shape index (κ1) is 25.6. The standard InChI is InChI=1S/2C6H12O2.C5H10O/c1-4-5(2)8-6(3)7;1-3-4-5-8-6(2)7;1-4(2)5(3)6/h5H,4H2,1-3H3;3-5H2,1-2H3;4H,1-3H3. The van der Waals surface area contributed by atoms with Gasteiger partial charge in [0.25, 0.3) is 0 Å². The van der Waals surface area contributed by atoms with Crippen LogP contribution >= 0.6 is 0 Å². The van der Waals surface area contributed by atoms with Crippen LogP contribution in [0.1, 0.15) is 74.7 Å². The Hall–Kier alpha value is -1.39. The van der Waals surface area contributed by atoms with E-state index < -0.39 is 0 Å². The van der Waals surface area contributed by atoms with Crippen LogP contribution in [0.4, 0.5) is 0 Å². The molecule has 0 aliphatic rings. The van der Waals surface area contributed by atoms with E-state index in [1.54, 1.807) is 6.92 Å². The molecule has 0 aromatic rings. The molecule has 1 unspecified atom stereocenters. The summed E-state index contributed by atoms with van der Waals surface area (Å²) in [6.45, 7) is 14.7. The van der Waals surface area contributed by atoms with Crippen molar-refractivity contribution >= 4 is 17.7 Å². The molecule has 5 nitrogen and oxygen atoms in total. The highest BCUT2D eigenvalue weighted by molar-refractivity contribution is 5.77. The summed E-state index contributed by atoms with van der Waals surface area (Å²) in [7, 11) is 0. The summed E-state index contributed by atoms with van der Waals surface area (Å²) in [5, 5.41) is 0. The summed E-state index contributed by atoms with van der Waals surface area (Å²) in [6.07, 6.45) is 3.01. The maximum atomic E-state index is 10.2. The first-order chi connectivity index (χ1) is 10.1. The quantitative estimate of drug-likeness (QED) is 0.548. The maximum absolute atomic E-state index is 10.2. The first-order valence-electron chi connectivity index (χ1n) is 7.89. The molecule has 0 fully saturated rings. The van der Waals surface area contributed by atoms with Gasteiger partial charge in [-0.15, -0.1) is 0 Å². The lowest BCUT2D eigenvalue weighted by Gasteiger charge is -2.06. The van der Waals surface area contributed by atoms with E-state index in [1.807, 2.05) is 27.7 Å². The van der Waals surface area contributed by atoms with Gasteiger partial charge >= 0.3 is 11.9 Å². The fourth-order valence-corrected chi connectivity index (χ4v) is 0.727. The van der Waals surface area contributed by atoms with Gasteiger partial charge in [0.15, 0.2) is 0 Å². The zero-order chi connectivity index (χ0) is 18.1. The molecule has 0 bridgehead atoms. The van der Waals surface area contributed by atoms with Gasteiger partial charge in [0.05, 0.1) is 12.7 Å². The van der Waals surface area contributed by atoms with Gasteiger partial charge < -0.3 is 9.47 Å². The largest absolute Gasteiger partial charge is 0.466 e. The molecule has 0 spiro atoms. The maximum Gasteiger partial charge on any atom is 0.302 e. The minimum Gasteiger partial charge on any atom is -0.466 e. The number of ketones is 1. The van der Waals surface area contributed by atoms with E-state index in [0.717, 1.165) is 19.3 Å². The molecule has 132 valence electrons. The Morgan fingerprint density at radius 2 is 1.36 bits per heavy atom. The molecule has 0 amide bonds. The summed E-state index contributed by atoms with van der Waals surface area (Å²) in [6, 6.07) is 0. The van der Waals surface area contributed by atoms with Gasteiger partial charge in [0.1, 0.15) is 5.78 Å². The van der Waals surface area contributed by atoms with Crippen LogP contribution in [0.25, 0.3) is 0 Å². The highest BCUT2D eigenvalue weighted by atomic mass is 16.5. The van der Waals surface area contributed by atoms with Crippen molar-refractivity contribution < 1.29 is 23.9 Å². The Balaban J connectivity index is -0.000000249. The summed E-state index contributed by atoms with van der Waals surface area (Å²) in [5.41, 5.74) is 0. The van der Waals surface area contributed by atoms with E-state index in [4.69, 9.17) is 4.74 Å². The van der Waals surface area contributed by atoms with Crippen LogP contribution in [0, 0.1) is 5.92 Å². The number of carbonyl (C=O) groups is 3. The van der Waals surface area contributed by atoms with E-state index >= 15 is 0 Å². The summed E-state index contributed by atoms with van der Waals surface area (Å²) in [5.74, 6) is 0.0952. The molecule has 22 heavy (non-hydrogen) atoms. The lowest BCUT2D eigenvalue weighted by molar-refractivity contribution is -0.145. The molecule has 5 heteroatoms. The molecule has 0 aliphatic heterocycles. The molecular weight excluding hydrogens is 284 g/mol. The van der Waals surface area contributed by atoms with Gasteiger partial charge in [-0.3, -0.25) is 14.4 Å². The monoisotopic (exact) mass is 318 g/mol. The van der Waals surface area contributed by atoms with Crippen molar-refractivity contribution in [1.29, 1.82) is 0 Å². The minimum absolute atomic E-state index is 0.0764. The molecule has 1 atom stereocenters. The molecule has 0 N–H and O–H groups in total. The number of esters is 2. The van der Waals surface area contributed by atoms with Crippen LogP contribution in [0.2, 0.25) is 0 Å². The molecule has 0 aromatic heterocycles. The second-order valence-corrected chi connectivity index (χ2v) is 5.29. The third-order valence-corrected chi connectivity index (χ3v) is 2.56. The smallest absolute Gasteiger partial charge is 0.302 e. The Kier molecular flexibility index (Phi) is 20.5. The molecule has 0 saturated heterocycles. The lowest BCUT2D eigenvalue weighted by Crippen LogP contribution is -2.09. The molecule has 0 saturated carbocycles. The van der Waals surface area contributed by atoms with E-state index in [-0.39, 0.29) is 29.7 Å². The van der Waals surface area contributed by atoms with Crippen LogP contribution in [0.3, 0.4) is 0 Å². The summed E-state index contributed by atoms with van der Waals surface area (Å²) < 4.78 is 9.40. The first-order valence-corrected chi connectivity index (χ1v) is 7.89. The lowest BCUT2D eigenvalue weighted by atomic mass is 10.1. The number of rotatable bonds is 6. The second kappa shape index (κ2) is 17.7. The fraction of sp³-hybridized carbons (Fsp3) is 0.824. The van der Waals surface area contributed by atoms with Gasteiger partial charge in [-0.2, -0.15) is 0 Å². The predicted molar refractivity (Wildman–Crippen MR) is 88.6 cm³/mol. The minimum atomic E-state index is -0.195. The fourth-order valence-electron chi connectivity index (χ4n) is 0.727. The van der Waals surface area contributed by atoms with Crippen LogP contribution in [-0.4, -0.2) is 30.4 Å². The zero-order valence-corrected chi connectivity index (χ0v) is 15.5. The molecular formula is C17H34O5. The number of ether oxygens (including phenoxy) is 2. The molecule has 0 rings (SSSR count). The van der Waals surface area contributed by atoms with Crippen molar-refractivity contribution in [2.24, 2.45) is 5.92 Å². The highest BCUT2D eigenvalue weighted by Gasteiger charge is 1.99. The van der Waals surface area contributed by atoms with Crippen molar-refractivity contribution in [2.45, 2.75) is 80.8 Å². The Morgan fingerprint density at radius 1 is 0.909 bits per heavy atom. The summed E-state index contributed by atoms with van der Waals surface area (Å²) in [4.78, 5) is 30.4. The van der Waals surface area contributed by atoms with E-state index in [0.29, 0.717) is 6.61 Å². The third-order valence-electron chi connectivity index (χ3n) is 2.56. The van der Waals surface area contributed by atoms with Gasteiger partial charge in [0.2, 0.25) is 0 Å². The number of carbonyl (C=O) groups excluding carboxylic acids is 3. The number of Topliss-reactive ketones (excluding diaryl/α,β-unsaturated/α-hetero) is 1. The molecule has 0 heterocycles. The van der Waals surface area contributed by atoms with Crippen LogP contribution < -0.4 is 0 Å². The van der Waals surface area contributed by atoms with Crippen LogP contribution in [0.15, 0.2) is 0 Å². The van der Waals surface area contributed by atoms with Crippen molar-refractivity contribution in [3.8, 4) is 0 Å². The third kappa shape index (κ3) is 31.2. The Labute approximate surface area is 135 Å². The number of hydrogen-bond donors (Lipinski definition) is 0. The molecule has 0 radical (unpaired) electrons. The van der Waals surface area contributed by atoms with E-state index in [2.05, 4.69) is 11.7 Å². The average molecular weight is 318 g/mol. The topological polar surface area (TPSA) is 69.7 Å². The van der Waals surface area contributed by atoms with Crippen LogP contribution in [-0.2, 0) is 23.9 Å². The van der Waals surface area contributed by atoms with Gasteiger partial charge in [-0.25, -0.2) is 0 Å². The summed E-state index contributed by atoms with van der Waals surface area (Å²) >= 11 is 0. The predicted octanol–water partition coefficient (Wildman–Crippen LogP) is 3.93. The van der Waals surface area contributed by atoms with Crippen molar-refractivity contribution in [3.63, 3.8) is 0 Å². The zero-order valence-electron chi connectivity index (χ0n) is 15.5. The molecule has 0 aliphatic carbocycles. The van der Waals surface area contributed by atoms with E-state index in [1.165, 1.54) is 13.8 Å². The van der Waals surface area contributed by atoms with Crippen LogP contribution in [0.5, 0.6) is 0 Å². The van der Waals surface area contributed by atoms with Gasteiger partial charge in [0, 0.05) is 19.8 Å². The van der Waals surface area contributed by atoms with Crippen molar-refractivity contribution in [3.05, 3.63) is 0 Å². The highest BCUT2D eigenvalue weighted by Crippen LogP contribution is 1.94. The number of unbranched alkanes of at least 4 members (excludes halogenated alkanes) is 1.